The van der Waals surface area contributed by atoms with E-state index < -0.39 is 0 Å². The molecule has 0 amide bonds. The normalized spacial score (nSPS) is 10.5. The fourth-order valence-corrected chi connectivity index (χ4v) is 2.81. The predicted molar refractivity (Wildman–Crippen MR) is 66.5 cm³/mol. The molecule has 1 nitrogen and oxygen atoms in total. The molecule has 1 heterocycles. The molecule has 0 unspecified atom stereocenters. The number of rotatable bonds is 3. The maximum Gasteiger partial charge on any atom is 0.0933 e. The Hall–Kier alpha value is 0.330. The van der Waals surface area contributed by atoms with Crippen molar-refractivity contribution in [3.63, 3.8) is 0 Å². The average molecular weight is 325 g/mol. The van der Waals surface area contributed by atoms with Crippen molar-refractivity contribution in [2.24, 2.45) is 5.92 Å². The summed E-state index contributed by atoms with van der Waals surface area (Å²) in [5, 5.41) is 1.21. The molecule has 1 aromatic heterocycles. The van der Waals surface area contributed by atoms with Crippen LogP contribution in [-0.4, -0.2) is 4.98 Å². The monoisotopic (exact) mass is 323 g/mol. The molecule has 13 heavy (non-hydrogen) atoms. The minimum absolute atomic E-state index is 0.676. The van der Waals surface area contributed by atoms with Gasteiger partial charge in [-0.25, -0.2) is 4.98 Å². The second-order valence-corrected chi connectivity index (χ2v) is 7.11. The van der Waals surface area contributed by atoms with Crippen molar-refractivity contribution >= 4 is 49.3 Å². The molecule has 0 aliphatic rings. The highest BCUT2D eigenvalue weighted by molar-refractivity contribution is 9.28. The van der Waals surface area contributed by atoms with E-state index in [4.69, 9.17) is 0 Å². The number of hydrogen-bond acceptors (Lipinski definition) is 2. The number of thiazole rings is 1. The largest absolute Gasteiger partial charge is 0.249 e. The van der Waals surface area contributed by atoms with Crippen molar-refractivity contribution in [3.05, 3.63) is 19.5 Å². The van der Waals surface area contributed by atoms with Crippen LogP contribution < -0.4 is 0 Å². The molecule has 1 aromatic rings. The Kier molecular flexibility index (Phi) is 4.62. The van der Waals surface area contributed by atoms with Crippen LogP contribution in [0.2, 0.25) is 0 Å². The molecule has 0 aliphatic heterocycles. The van der Waals surface area contributed by atoms with Gasteiger partial charge >= 0.3 is 0 Å². The molecule has 0 N–H and O–H groups in total. The van der Waals surface area contributed by atoms with Crippen molar-refractivity contribution in [1.29, 1.82) is 0 Å². The van der Waals surface area contributed by atoms with E-state index in [1.54, 1.807) is 11.3 Å². The average Bonchev–Trinajstić information content (AvgIpc) is 2.33. The van der Waals surface area contributed by atoms with Crippen molar-refractivity contribution in [3.8, 4) is 0 Å². The fourth-order valence-electron chi connectivity index (χ4n) is 0.942. The summed E-state index contributed by atoms with van der Waals surface area (Å²) in [5.41, 5.74) is 0. The number of halogens is 2. The molecular weight excluding hydrogens is 314 g/mol. The SMILES string of the molecule is CC(C)Cc1ncc(C=C(Br)Br)s1. The summed E-state index contributed by atoms with van der Waals surface area (Å²) in [5.74, 6) is 0.676. The quantitative estimate of drug-likeness (QED) is 0.801. The Bertz CT molecular complexity index is 300. The van der Waals surface area contributed by atoms with Gasteiger partial charge in [-0.1, -0.05) is 13.8 Å². The van der Waals surface area contributed by atoms with Gasteiger partial charge in [0.15, 0.2) is 0 Å². The summed E-state index contributed by atoms with van der Waals surface area (Å²) in [6, 6.07) is 0. The third-order valence-corrected chi connectivity index (χ3v) is 2.83. The molecule has 1 rings (SSSR count). The summed E-state index contributed by atoms with van der Waals surface area (Å²) >= 11 is 8.40. The molecule has 0 bridgehead atoms. The standard InChI is InChI=1S/C9H11Br2NS/c1-6(2)3-9-12-5-7(13-9)4-8(10)11/h4-6H,3H2,1-2H3. The van der Waals surface area contributed by atoms with E-state index in [0.717, 1.165) is 9.81 Å². The lowest BCUT2D eigenvalue weighted by atomic mass is 10.1. The lowest BCUT2D eigenvalue weighted by molar-refractivity contribution is 0.644. The molecule has 0 aliphatic carbocycles. The van der Waals surface area contributed by atoms with Crippen LogP contribution >= 0.6 is 43.2 Å². The van der Waals surface area contributed by atoms with Crippen LogP contribution in [0.25, 0.3) is 6.08 Å². The Morgan fingerprint density at radius 3 is 2.85 bits per heavy atom. The molecule has 0 aromatic carbocycles. The molecule has 0 radical (unpaired) electrons. The minimum atomic E-state index is 0.676. The van der Waals surface area contributed by atoms with Crippen LogP contribution in [0.5, 0.6) is 0 Å². The van der Waals surface area contributed by atoms with E-state index in [2.05, 4.69) is 50.7 Å². The Morgan fingerprint density at radius 1 is 1.62 bits per heavy atom. The first-order valence-corrected chi connectivity index (χ1v) is 6.45. The van der Waals surface area contributed by atoms with Crippen molar-refractivity contribution < 1.29 is 0 Å². The third kappa shape index (κ3) is 4.38. The summed E-state index contributed by atoms with van der Waals surface area (Å²) in [7, 11) is 0. The molecular formula is C9H11Br2NS. The van der Waals surface area contributed by atoms with Crippen molar-refractivity contribution in [2.45, 2.75) is 20.3 Å². The molecule has 0 fully saturated rings. The Morgan fingerprint density at radius 2 is 2.31 bits per heavy atom. The smallest absolute Gasteiger partial charge is 0.0933 e. The van der Waals surface area contributed by atoms with E-state index in [0.29, 0.717) is 5.92 Å². The minimum Gasteiger partial charge on any atom is -0.249 e. The Balaban J connectivity index is 2.69. The van der Waals surface area contributed by atoms with E-state index >= 15 is 0 Å². The van der Waals surface area contributed by atoms with Crippen molar-refractivity contribution in [2.75, 3.05) is 0 Å². The van der Waals surface area contributed by atoms with Gasteiger partial charge in [-0.05, 0) is 43.9 Å². The van der Waals surface area contributed by atoms with E-state index in [1.165, 1.54) is 9.88 Å². The highest BCUT2D eigenvalue weighted by Gasteiger charge is 2.02. The van der Waals surface area contributed by atoms with E-state index in [-0.39, 0.29) is 0 Å². The van der Waals surface area contributed by atoms with E-state index in [1.807, 2.05) is 12.3 Å². The first kappa shape index (κ1) is 11.4. The van der Waals surface area contributed by atoms with Gasteiger partial charge in [-0.2, -0.15) is 0 Å². The molecule has 4 heteroatoms. The van der Waals surface area contributed by atoms with Crippen LogP contribution in [0.1, 0.15) is 23.7 Å². The number of aromatic nitrogens is 1. The zero-order valence-corrected chi connectivity index (χ0v) is 11.5. The molecule has 0 atom stereocenters. The number of hydrogen-bond donors (Lipinski definition) is 0. The second kappa shape index (κ2) is 5.27. The summed E-state index contributed by atoms with van der Waals surface area (Å²) < 4.78 is 0.958. The lowest BCUT2D eigenvalue weighted by Crippen LogP contribution is -1.91. The van der Waals surface area contributed by atoms with Crippen LogP contribution in [0.3, 0.4) is 0 Å². The first-order valence-electron chi connectivity index (χ1n) is 4.05. The van der Waals surface area contributed by atoms with Crippen LogP contribution in [0.4, 0.5) is 0 Å². The van der Waals surface area contributed by atoms with Crippen LogP contribution in [0, 0.1) is 5.92 Å². The van der Waals surface area contributed by atoms with Gasteiger partial charge < -0.3 is 0 Å². The van der Waals surface area contributed by atoms with Gasteiger partial charge in [0.2, 0.25) is 0 Å². The molecule has 0 saturated carbocycles. The summed E-state index contributed by atoms with van der Waals surface area (Å²) in [6.07, 6.45) is 4.99. The molecule has 72 valence electrons. The van der Waals surface area contributed by atoms with Gasteiger partial charge in [0.1, 0.15) is 0 Å². The molecule has 0 saturated heterocycles. The fraction of sp³-hybridized carbons (Fsp3) is 0.444. The van der Waals surface area contributed by atoms with Gasteiger partial charge in [0.05, 0.1) is 8.40 Å². The second-order valence-electron chi connectivity index (χ2n) is 3.19. The lowest BCUT2D eigenvalue weighted by Gasteiger charge is -1.97. The van der Waals surface area contributed by atoms with Crippen LogP contribution in [-0.2, 0) is 6.42 Å². The predicted octanol–water partition coefficient (Wildman–Crippen LogP) is 4.43. The van der Waals surface area contributed by atoms with E-state index in [9.17, 15) is 0 Å². The van der Waals surface area contributed by atoms with Gasteiger partial charge in [-0.3, -0.25) is 0 Å². The Labute approximate surface area is 99.5 Å². The van der Waals surface area contributed by atoms with Gasteiger partial charge in [0, 0.05) is 17.5 Å². The zero-order valence-electron chi connectivity index (χ0n) is 7.55. The number of nitrogens with zero attached hydrogens (tertiary/aromatic N) is 1. The van der Waals surface area contributed by atoms with Gasteiger partial charge in [-0.15, -0.1) is 11.3 Å². The zero-order chi connectivity index (χ0) is 9.84. The highest BCUT2D eigenvalue weighted by atomic mass is 79.9. The highest BCUT2D eigenvalue weighted by Crippen LogP contribution is 2.23. The first-order chi connectivity index (χ1) is 6.08. The van der Waals surface area contributed by atoms with Crippen LogP contribution in [0.15, 0.2) is 9.59 Å². The summed E-state index contributed by atoms with van der Waals surface area (Å²) in [6.45, 7) is 4.41. The maximum atomic E-state index is 4.34. The topological polar surface area (TPSA) is 12.9 Å². The third-order valence-electron chi connectivity index (χ3n) is 1.41. The maximum absolute atomic E-state index is 4.34. The van der Waals surface area contributed by atoms with Gasteiger partial charge in [0.25, 0.3) is 0 Å². The van der Waals surface area contributed by atoms with Crippen molar-refractivity contribution in [1.82, 2.24) is 4.98 Å². The summed E-state index contributed by atoms with van der Waals surface area (Å²) in [4.78, 5) is 5.52. The molecule has 0 spiro atoms.